The second-order valence-electron chi connectivity index (χ2n) is 4.18. The van der Waals surface area contributed by atoms with E-state index in [1.165, 1.54) is 6.07 Å². The highest BCUT2D eigenvalue weighted by Crippen LogP contribution is 2.37. The van der Waals surface area contributed by atoms with Crippen LogP contribution in [0.5, 0.6) is 0 Å². The van der Waals surface area contributed by atoms with Crippen LogP contribution < -0.4 is 4.90 Å². The van der Waals surface area contributed by atoms with Crippen molar-refractivity contribution in [2.45, 2.75) is 18.8 Å². The number of hydrogen-bond donors (Lipinski definition) is 1. The summed E-state index contributed by atoms with van der Waals surface area (Å²) in [5.41, 5.74) is 1.37. The fourth-order valence-electron chi connectivity index (χ4n) is 2.29. The topological polar surface area (TPSA) is 40.5 Å². The summed E-state index contributed by atoms with van der Waals surface area (Å²) in [6.07, 6.45) is 0.693. The van der Waals surface area contributed by atoms with Crippen molar-refractivity contribution < 1.29 is 14.3 Å². The summed E-state index contributed by atoms with van der Waals surface area (Å²) in [4.78, 5) is 12.7. The number of nitrogens with zero attached hydrogens (tertiary/aromatic N) is 1. The van der Waals surface area contributed by atoms with Crippen molar-refractivity contribution in [1.82, 2.24) is 0 Å². The van der Waals surface area contributed by atoms with Crippen molar-refractivity contribution in [3.8, 4) is 0 Å². The minimum absolute atomic E-state index is 0.00176. The highest BCUT2D eigenvalue weighted by Gasteiger charge is 2.27. The average molecular weight is 223 g/mol. The van der Waals surface area contributed by atoms with Crippen molar-refractivity contribution in [1.29, 1.82) is 0 Å². The van der Waals surface area contributed by atoms with Gasteiger partial charge in [0.15, 0.2) is 0 Å². The number of carbonyl (C=O) groups is 1. The van der Waals surface area contributed by atoms with E-state index in [9.17, 15) is 9.18 Å². The maximum Gasteiger partial charge on any atom is 0.303 e. The van der Waals surface area contributed by atoms with Crippen molar-refractivity contribution in [2.24, 2.45) is 0 Å². The van der Waals surface area contributed by atoms with Crippen LogP contribution in [0.25, 0.3) is 0 Å². The molecule has 0 radical (unpaired) electrons. The predicted molar refractivity (Wildman–Crippen MR) is 59.3 cm³/mol. The standard InChI is InChI=1S/C12H14FNO2/c1-14-6-5-8(7-11(15)16)12-9(13)3-2-4-10(12)14/h2-4,8H,5-7H2,1H3,(H,15,16). The predicted octanol–water partition coefficient (Wildman–Crippen LogP) is 2.22. The Hall–Kier alpha value is -1.58. The van der Waals surface area contributed by atoms with E-state index in [-0.39, 0.29) is 18.2 Å². The number of benzene rings is 1. The largest absolute Gasteiger partial charge is 0.481 e. The summed E-state index contributed by atoms with van der Waals surface area (Å²) in [6, 6.07) is 4.90. The third-order valence-corrected chi connectivity index (χ3v) is 3.08. The van der Waals surface area contributed by atoms with Gasteiger partial charge in [0.25, 0.3) is 0 Å². The quantitative estimate of drug-likeness (QED) is 0.835. The third kappa shape index (κ3) is 1.87. The zero-order valence-electron chi connectivity index (χ0n) is 9.11. The molecule has 1 aromatic rings. The minimum Gasteiger partial charge on any atom is -0.481 e. The molecule has 0 amide bonds. The van der Waals surface area contributed by atoms with Gasteiger partial charge in [-0.25, -0.2) is 4.39 Å². The molecule has 3 nitrogen and oxygen atoms in total. The smallest absolute Gasteiger partial charge is 0.303 e. The number of anilines is 1. The van der Waals surface area contributed by atoms with Gasteiger partial charge in [0.1, 0.15) is 5.82 Å². The van der Waals surface area contributed by atoms with Gasteiger partial charge in [-0.05, 0) is 18.6 Å². The molecule has 4 heteroatoms. The fraction of sp³-hybridized carbons (Fsp3) is 0.417. The van der Waals surface area contributed by atoms with E-state index in [0.717, 1.165) is 12.2 Å². The van der Waals surface area contributed by atoms with Crippen molar-refractivity contribution in [3.05, 3.63) is 29.6 Å². The van der Waals surface area contributed by atoms with E-state index in [2.05, 4.69) is 0 Å². The van der Waals surface area contributed by atoms with Gasteiger partial charge in [-0.1, -0.05) is 6.07 Å². The molecule has 1 aliphatic heterocycles. The number of carboxylic acid groups (broad SMARTS) is 1. The van der Waals surface area contributed by atoms with Crippen LogP contribution in [-0.2, 0) is 4.79 Å². The Labute approximate surface area is 93.5 Å². The molecular formula is C12H14FNO2. The molecule has 0 bridgehead atoms. The normalized spacial score (nSPS) is 19.4. The summed E-state index contributed by atoms with van der Waals surface area (Å²) in [5, 5.41) is 8.81. The van der Waals surface area contributed by atoms with E-state index in [4.69, 9.17) is 5.11 Å². The van der Waals surface area contributed by atoms with Gasteiger partial charge in [0, 0.05) is 30.8 Å². The lowest BCUT2D eigenvalue weighted by Gasteiger charge is -2.32. The highest BCUT2D eigenvalue weighted by molar-refractivity contribution is 5.69. The zero-order valence-corrected chi connectivity index (χ0v) is 9.11. The maximum absolute atomic E-state index is 13.7. The summed E-state index contributed by atoms with van der Waals surface area (Å²) >= 11 is 0. The van der Waals surface area contributed by atoms with E-state index in [0.29, 0.717) is 12.0 Å². The second kappa shape index (κ2) is 4.12. The third-order valence-electron chi connectivity index (χ3n) is 3.08. The van der Waals surface area contributed by atoms with Crippen LogP contribution >= 0.6 is 0 Å². The Morgan fingerprint density at radius 1 is 1.62 bits per heavy atom. The molecule has 1 unspecified atom stereocenters. The average Bonchev–Trinajstić information content (AvgIpc) is 2.22. The van der Waals surface area contributed by atoms with Crippen molar-refractivity contribution >= 4 is 11.7 Å². The first-order valence-corrected chi connectivity index (χ1v) is 5.31. The lowest BCUT2D eigenvalue weighted by atomic mass is 9.87. The number of halogens is 1. The Balaban J connectivity index is 2.42. The van der Waals surface area contributed by atoms with Gasteiger partial charge in [0.05, 0.1) is 6.42 Å². The fourth-order valence-corrected chi connectivity index (χ4v) is 2.29. The van der Waals surface area contributed by atoms with Gasteiger partial charge >= 0.3 is 5.97 Å². The number of aliphatic carboxylic acids is 1. The van der Waals surface area contributed by atoms with E-state index in [1.54, 1.807) is 6.07 Å². The Bertz CT molecular complexity index is 419. The molecule has 1 N–H and O–H groups in total. The lowest BCUT2D eigenvalue weighted by molar-refractivity contribution is -0.137. The zero-order chi connectivity index (χ0) is 11.7. The molecule has 1 atom stereocenters. The van der Waals surface area contributed by atoms with Crippen LogP contribution in [0.1, 0.15) is 24.3 Å². The molecule has 86 valence electrons. The minimum atomic E-state index is -0.872. The molecule has 0 fully saturated rings. The van der Waals surface area contributed by atoms with Crippen LogP contribution in [-0.4, -0.2) is 24.7 Å². The molecule has 16 heavy (non-hydrogen) atoms. The van der Waals surface area contributed by atoms with E-state index in [1.807, 2.05) is 18.0 Å². The molecule has 1 heterocycles. The molecule has 0 spiro atoms. The summed E-state index contributed by atoms with van der Waals surface area (Å²) in [7, 11) is 1.90. The number of hydrogen-bond acceptors (Lipinski definition) is 2. The number of rotatable bonds is 2. The van der Waals surface area contributed by atoms with E-state index >= 15 is 0 Å². The molecule has 0 saturated heterocycles. The number of carboxylic acids is 1. The van der Waals surface area contributed by atoms with Crippen molar-refractivity contribution in [2.75, 3.05) is 18.5 Å². The Morgan fingerprint density at radius 3 is 3.06 bits per heavy atom. The van der Waals surface area contributed by atoms with Crippen LogP contribution in [0.3, 0.4) is 0 Å². The van der Waals surface area contributed by atoms with Crippen LogP contribution in [0.2, 0.25) is 0 Å². The number of fused-ring (bicyclic) bond motifs is 1. The van der Waals surface area contributed by atoms with Gasteiger partial charge in [-0.2, -0.15) is 0 Å². The Kier molecular flexibility index (Phi) is 2.81. The second-order valence-corrected chi connectivity index (χ2v) is 4.18. The van der Waals surface area contributed by atoms with Crippen molar-refractivity contribution in [3.63, 3.8) is 0 Å². The summed E-state index contributed by atoms with van der Waals surface area (Å²) < 4.78 is 13.7. The molecule has 0 aromatic heterocycles. The lowest BCUT2D eigenvalue weighted by Crippen LogP contribution is -2.28. The van der Waals surface area contributed by atoms with E-state index < -0.39 is 5.97 Å². The molecule has 1 aliphatic rings. The van der Waals surface area contributed by atoms with Gasteiger partial charge in [-0.15, -0.1) is 0 Å². The van der Waals surface area contributed by atoms with Gasteiger partial charge in [-0.3, -0.25) is 4.79 Å². The molecule has 0 saturated carbocycles. The SMILES string of the molecule is CN1CCC(CC(=O)O)c2c(F)cccc21. The first kappa shape index (κ1) is 10.9. The first-order valence-electron chi connectivity index (χ1n) is 5.31. The monoisotopic (exact) mass is 223 g/mol. The molecule has 0 aliphatic carbocycles. The summed E-state index contributed by atoms with van der Waals surface area (Å²) in [6.45, 7) is 0.772. The van der Waals surface area contributed by atoms with Crippen LogP contribution in [0.4, 0.5) is 10.1 Å². The van der Waals surface area contributed by atoms with Gasteiger partial charge < -0.3 is 10.0 Å². The van der Waals surface area contributed by atoms with Gasteiger partial charge in [0.2, 0.25) is 0 Å². The first-order chi connectivity index (χ1) is 7.59. The molecule has 1 aromatic carbocycles. The molecular weight excluding hydrogens is 209 g/mol. The maximum atomic E-state index is 13.7. The van der Waals surface area contributed by atoms with Crippen LogP contribution in [0, 0.1) is 5.82 Å². The summed E-state index contributed by atoms with van der Waals surface area (Å²) in [5.74, 6) is -1.37. The highest BCUT2D eigenvalue weighted by atomic mass is 19.1. The van der Waals surface area contributed by atoms with Crippen LogP contribution in [0.15, 0.2) is 18.2 Å². The Morgan fingerprint density at radius 2 is 2.38 bits per heavy atom. The molecule has 2 rings (SSSR count).